The maximum Gasteiger partial charge on any atom is 0.155 e. The Morgan fingerprint density at radius 2 is 2.11 bits per heavy atom. The number of aldehydes is 1. The van der Waals surface area contributed by atoms with Gasteiger partial charge in [0.25, 0.3) is 0 Å². The number of nitrogens with zero attached hydrogens (tertiary/aromatic N) is 3. The highest BCUT2D eigenvalue weighted by molar-refractivity contribution is 5.66. The summed E-state index contributed by atoms with van der Waals surface area (Å²) in [6.07, 6.45) is 3.70. The smallest absolute Gasteiger partial charge is 0.155 e. The molecule has 0 spiro atoms. The fourth-order valence-corrected chi connectivity index (χ4v) is 2.89. The number of aromatic nitrogens is 3. The Balaban J connectivity index is 0.000000637. The lowest BCUT2D eigenvalue weighted by atomic mass is 9.89. The Kier molecular flexibility index (Phi) is 3.43. The molecule has 4 nitrogen and oxygen atoms in total. The molecule has 0 radical (unpaired) electrons. The van der Waals surface area contributed by atoms with Crippen molar-refractivity contribution in [2.45, 2.75) is 52.4 Å². The third-order valence-corrected chi connectivity index (χ3v) is 3.57. The zero-order valence-corrected chi connectivity index (χ0v) is 12.3. The van der Waals surface area contributed by atoms with Gasteiger partial charge in [-0.1, -0.05) is 27.7 Å². The van der Waals surface area contributed by atoms with Crippen LogP contribution in [0, 0.1) is 6.92 Å². The van der Waals surface area contributed by atoms with E-state index in [-0.39, 0.29) is 11.3 Å². The fraction of sp³-hybridized carbons (Fsp3) is 0.533. The maximum atomic E-state index is 11.1. The first-order valence-electron chi connectivity index (χ1n) is 6.84. The summed E-state index contributed by atoms with van der Waals surface area (Å²) in [5.41, 5.74) is 3.95. The number of fused-ring (bicyclic) bond motifs is 3. The molecule has 0 aliphatic heterocycles. The van der Waals surface area contributed by atoms with Crippen molar-refractivity contribution < 1.29 is 4.79 Å². The van der Waals surface area contributed by atoms with Gasteiger partial charge in [-0.05, 0) is 13.3 Å². The normalized spacial score (nSPS) is 19.7. The van der Waals surface area contributed by atoms with E-state index in [2.05, 4.69) is 23.9 Å². The van der Waals surface area contributed by atoms with E-state index in [1.807, 2.05) is 37.5 Å². The Morgan fingerprint density at radius 1 is 1.42 bits per heavy atom. The van der Waals surface area contributed by atoms with Crippen LogP contribution in [-0.4, -0.2) is 20.9 Å². The van der Waals surface area contributed by atoms with Crippen molar-refractivity contribution in [3.63, 3.8) is 0 Å². The molecule has 2 aromatic rings. The van der Waals surface area contributed by atoms with Gasteiger partial charge in [0.05, 0.1) is 11.4 Å². The van der Waals surface area contributed by atoms with Gasteiger partial charge in [0.2, 0.25) is 0 Å². The molecule has 4 heteroatoms. The summed E-state index contributed by atoms with van der Waals surface area (Å²) in [6, 6.07) is 1.96. The van der Waals surface area contributed by atoms with Crippen molar-refractivity contribution in [3.8, 4) is 0 Å². The number of rotatable bonds is 1. The summed E-state index contributed by atoms with van der Waals surface area (Å²) in [5, 5.41) is 4.49. The van der Waals surface area contributed by atoms with Crippen molar-refractivity contribution in [1.82, 2.24) is 14.6 Å². The molecule has 2 heterocycles. The van der Waals surface area contributed by atoms with E-state index in [0.717, 1.165) is 35.3 Å². The highest BCUT2D eigenvalue weighted by Crippen LogP contribution is 2.44. The SMILES string of the molecule is CC.Cc1cc2ncc3c(n2n1)C(C)(C)CC3C=O. The number of hydrogen-bond acceptors (Lipinski definition) is 3. The van der Waals surface area contributed by atoms with Crippen molar-refractivity contribution in [2.75, 3.05) is 0 Å². The number of carbonyl (C=O) groups excluding carboxylic acids is 1. The van der Waals surface area contributed by atoms with Crippen LogP contribution < -0.4 is 0 Å². The van der Waals surface area contributed by atoms with E-state index in [0.29, 0.717) is 0 Å². The Hall–Kier alpha value is -1.71. The lowest BCUT2D eigenvalue weighted by Gasteiger charge is -2.19. The quantitative estimate of drug-likeness (QED) is 0.740. The molecule has 2 aromatic heterocycles. The van der Waals surface area contributed by atoms with E-state index >= 15 is 0 Å². The minimum Gasteiger partial charge on any atom is -0.303 e. The molecule has 102 valence electrons. The predicted molar refractivity (Wildman–Crippen MR) is 75.5 cm³/mol. The van der Waals surface area contributed by atoms with Gasteiger partial charge in [0.1, 0.15) is 6.29 Å². The molecule has 1 atom stereocenters. The third kappa shape index (κ3) is 2.05. The molecular weight excluding hydrogens is 238 g/mol. The van der Waals surface area contributed by atoms with Crippen molar-refractivity contribution >= 4 is 11.9 Å². The zero-order valence-electron chi connectivity index (χ0n) is 12.3. The molecule has 1 aliphatic carbocycles. The van der Waals surface area contributed by atoms with Gasteiger partial charge >= 0.3 is 0 Å². The van der Waals surface area contributed by atoms with Crippen LogP contribution in [0.5, 0.6) is 0 Å². The second-order valence-corrected chi connectivity index (χ2v) is 5.45. The highest BCUT2D eigenvalue weighted by Gasteiger charge is 2.39. The first-order valence-corrected chi connectivity index (χ1v) is 6.84. The minimum atomic E-state index is -0.0404. The van der Waals surface area contributed by atoms with Crippen LogP contribution in [0.2, 0.25) is 0 Å². The lowest BCUT2D eigenvalue weighted by molar-refractivity contribution is -0.109. The van der Waals surface area contributed by atoms with Crippen LogP contribution in [0.3, 0.4) is 0 Å². The topological polar surface area (TPSA) is 47.3 Å². The number of hydrogen-bond donors (Lipinski definition) is 0. The van der Waals surface area contributed by atoms with E-state index in [9.17, 15) is 4.79 Å². The lowest BCUT2D eigenvalue weighted by Crippen LogP contribution is -2.17. The average molecular weight is 259 g/mol. The zero-order chi connectivity index (χ0) is 14.2. The average Bonchev–Trinajstić information content (AvgIpc) is 2.88. The van der Waals surface area contributed by atoms with Gasteiger partial charge in [0, 0.05) is 29.2 Å². The van der Waals surface area contributed by atoms with Crippen molar-refractivity contribution in [1.29, 1.82) is 0 Å². The van der Waals surface area contributed by atoms with Crippen LogP contribution in [0.4, 0.5) is 0 Å². The van der Waals surface area contributed by atoms with Crippen LogP contribution in [0.25, 0.3) is 5.65 Å². The molecule has 0 saturated carbocycles. The highest BCUT2D eigenvalue weighted by atomic mass is 16.1. The first kappa shape index (κ1) is 13.7. The van der Waals surface area contributed by atoms with E-state index in [1.165, 1.54) is 0 Å². The molecule has 19 heavy (non-hydrogen) atoms. The van der Waals surface area contributed by atoms with E-state index in [4.69, 9.17) is 0 Å². The summed E-state index contributed by atoms with van der Waals surface area (Å²) in [5.74, 6) is -0.0404. The number of aryl methyl sites for hydroxylation is 1. The monoisotopic (exact) mass is 259 g/mol. The van der Waals surface area contributed by atoms with Crippen LogP contribution >= 0.6 is 0 Å². The van der Waals surface area contributed by atoms with Crippen molar-refractivity contribution in [3.05, 3.63) is 29.2 Å². The maximum absolute atomic E-state index is 11.1. The molecule has 1 aliphatic rings. The van der Waals surface area contributed by atoms with Gasteiger partial charge in [0.15, 0.2) is 5.65 Å². The summed E-state index contributed by atoms with van der Waals surface area (Å²) >= 11 is 0. The molecule has 0 N–H and O–H groups in total. The van der Waals surface area contributed by atoms with Crippen LogP contribution in [-0.2, 0) is 10.2 Å². The van der Waals surface area contributed by atoms with E-state index in [1.54, 1.807) is 0 Å². The number of carbonyl (C=O) groups is 1. The van der Waals surface area contributed by atoms with Crippen LogP contribution in [0.15, 0.2) is 12.3 Å². The molecule has 0 saturated heterocycles. The Bertz CT molecular complexity index is 613. The van der Waals surface area contributed by atoms with Gasteiger partial charge < -0.3 is 4.79 Å². The molecular formula is C15H21N3O. The van der Waals surface area contributed by atoms with E-state index < -0.39 is 0 Å². The second-order valence-electron chi connectivity index (χ2n) is 5.45. The third-order valence-electron chi connectivity index (χ3n) is 3.57. The minimum absolute atomic E-state index is 0.0272. The van der Waals surface area contributed by atoms with Crippen molar-refractivity contribution in [2.24, 2.45) is 0 Å². The molecule has 0 fully saturated rings. The summed E-state index contributed by atoms with van der Waals surface area (Å²) in [6.45, 7) is 10.3. The molecule has 0 aromatic carbocycles. The molecule has 1 unspecified atom stereocenters. The van der Waals surface area contributed by atoms with Gasteiger partial charge in [-0.3, -0.25) is 0 Å². The van der Waals surface area contributed by atoms with Gasteiger partial charge in [-0.2, -0.15) is 5.10 Å². The molecule has 3 rings (SSSR count). The first-order chi connectivity index (χ1) is 9.03. The second kappa shape index (κ2) is 4.76. The fourth-order valence-electron chi connectivity index (χ4n) is 2.89. The summed E-state index contributed by atoms with van der Waals surface area (Å²) in [7, 11) is 0. The summed E-state index contributed by atoms with van der Waals surface area (Å²) in [4.78, 5) is 15.5. The summed E-state index contributed by atoms with van der Waals surface area (Å²) < 4.78 is 1.90. The van der Waals surface area contributed by atoms with Crippen LogP contribution in [0.1, 0.15) is 57.0 Å². The molecule has 0 bridgehead atoms. The van der Waals surface area contributed by atoms with Gasteiger partial charge in [-0.15, -0.1) is 0 Å². The Labute approximate surface area is 113 Å². The standard InChI is InChI=1S/C13H15N3O.C2H6/c1-8-4-11-14-6-10-9(7-17)5-13(2,3)12(10)16(11)15-8;1-2/h4,6-7,9H,5H2,1-3H3;1-2H3. The largest absolute Gasteiger partial charge is 0.303 e. The Morgan fingerprint density at radius 3 is 2.74 bits per heavy atom. The molecule has 0 amide bonds. The predicted octanol–water partition coefficient (Wildman–Crippen LogP) is 3.03. The van der Waals surface area contributed by atoms with Gasteiger partial charge in [-0.25, -0.2) is 9.50 Å².